The van der Waals surface area contributed by atoms with E-state index in [-0.39, 0.29) is 5.12 Å². The average Bonchev–Trinajstić information content (AvgIpc) is 2.40. The molecule has 1 aromatic carbocycles. The van der Waals surface area contributed by atoms with Gasteiger partial charge < -0.3 is 9.42 Å². The number of rotatable bonds is 5. The minimum atomic E-state index is -3.75. The van der Waals surface area contributed by atoms with E-state index in [1.165, 1.54) is 6.66 Å². The topological polar surface area (TPSA) is 63.6 Å². The zero-order chi connectivity index (χ0) is 19.2. The molecule has 4 nitrogen and oxygen atoms in total. The summed E-state index contributed by atoms with van der Waals surface area (Å²) >= 11 is 4.07. The predicted molar refractivity (Wildman–Crippen MR) is 103 cm³/mol. The smallest absolute Gasteiger partial charge is 0.373 e. The number of thiol groups is 1. The van der Waals surface area contributed by atoms with Crippen LogP contribution in [0.1, 0.15) is 55.5 Å². The minimum Gasteiger partial charge on any atom is -0.424 e. The van der Waals surface area contributed by atoms with Crippen LogP contribution in [-0.4, -0.2) is 16.7 Å². The molecule has 0 heterocycles. The molecule has 0 saturated carbocycles. The fraction of sp³-hybridized carbons (Fsp3) is 0.611. The van der Waals surface area contributed by atoms with E-state index in [2.05, 4.69) is 12.6 Å². The average molecular weight is 372 g/mol. The highest BCUT2D eigenvalue weighted by atomic mass is 32.1. The van der Waals surface area contributed by atoms with Crippen LogP contribution < -0.4 is 4.52 Å². The normalized spacial score (nSPS) is 15.1. The molecule has 0 amide bonds. The molecule has 1 unspecified atom stereocenters. The maximum Gasteiger partial charge on any atom is 0.373 e. The van der Waals surface area contributed by atoms with Crippen molar-refractivity contribution < 1.29 is 18.8 Å². The van der Waals surface area contributed by atoms with E-state index in [1.54, 1.807) is 0 Å². The van der Waals surface area contributed by atoms with Gasteiger partial charge in [0, 0.05) is 23.1 Å². The van der Waals surface area contributed by atoms with Gasteiger partial charge in [0.05, 0.1) is 0 Å². The Morgan fingerprint density at radius 3 is 1.79 bits per heavy atom. The van der Waals surface area contributed by atoms with Crippen molar-refractivity contribution in [2.75, 3.05) is 6.66 Å². The van der Waals surface area contributed by atoms with E-state index >= 15 is 0 Å². The Balaban J connectivity index is 3.93. The summed E-state index contributed by atoms with van der Waals surface area (Å²) in [5.41, 5.74) is 3.24. The lowest BCUT2D eigenvalue weighted by molar-refractivity contribution is -0.120. The largest absolute Gasteiger partial charge is 0.424 e. The molecule has 1 atom stereocenters. The van der Waals surface area contributed by atoms with Gasteiger partial charge in [0.15, 0.2) is 5.12 Å². The van der Waals surface area contributed by atoms with Gasteiger partial charge in [0.2, 0.25) is 0 Å². The zero-order valence-electron chi connectivity index (χ0n) is 16.1. The number of hydrogen-bond acceptors (Lipinski definition) is 3. The lowest BCUT2D eigenvalue weighted by atomic mass is 9.62. The first-order valence-electron chi connectivity index (χ1n) is 7.89. The summed E-state index contributed by atoms with van der Waals surface area (Å²) < 4.78 is 17.5. The third-order valence-electron chi connectivity index (χ3n) is 5.61. The Morgan fingerprint density at radius 1 is 1.00 bits per heavy atom. The lowest BCUT2D eigenvalue weighted by Crippen LogP contribution is -2.42. The Labute approximate surface area is 150 Å². The van der Waals surface area contributed by atoms with Crippen LogP contribution >= 0.6 is 20.2 Å². The molecule has 0 aliphatic heterocycles. The maximum atomic E-state index is 12.1. The number of carbonyl (C=O) groups is 1. The Kier molecular flexibility index (Phi) is 5.77. The molecule has 0 bridgehead atoms. The maximum absolute atomic E-state index is 12.1. The molecule has 0 radical (unpaired) electrons. The summed E-state index contributed by atoms with van der Waals surface area (Å²) in [6.07, 6.45) is 0. The van der Waals surface area contributed by atoms with Crippen molar-refractivity contribution in [3.05, 3.63) is 27.8 Å². The van der Waals surface area contributed by atoms with Gasteiger partial charge in [-0.3, -0.25) is 4.79 Å². The molecule has 0 saturated heterocycles. The molecule has 1 N–H and O–H groups in total. The first-order valence-corrected chi connectivity index (χ1v) is 10.4. The second-order valence-electron chi connectivity index (χ2n) is 7.65. The van der Waals surface area contributed by atoms with Crippen molar-refractivity contribution in [3.63, 3.8) is 0 Å². The standard InChI is InChI=1S/C18H29O4PS/c1-10-11(2)13(4)15(22-23(9,20)21)14(12(10)3)17(5,6)18(7,8)16(19)24/h1-9H3,(H,19,24)(H,20,21). The Hall–Kier alpha value is -0.770. The van der Waals surface area contributed by atoms with Crippen molar-refractivity contribution in [2.45, 2.75) is 60.8 Å². The zero-order valence-corrected chi connectivity index (χ0v) is 17.9. The lowest BCUT2D eigenvalue weighted by Gasteiger charge is -2.42. The summed E-state index contributed by atoms with van der Waals surface area (Å²) in [6.45, 7) is 16.6. The fourth-order valence-corrected chi connectivity index (χ4v) is 3.74. The molecule has 0 spiro atoms. The van der Waals surface area contributed by atoms with Gasteiger partial charge in [-0.1, -0.05) is 27.7 Å². The number of hydrogen-bond donors (Lipinski definition) is 2. The first kappa shape index (κ1) is 21.3. The fourth-order valence-electron chi connectivity index (χ4n) is 2.89. The van der Waals surface area contributed by atoms with E-state index in [0.29, 0.717) is 5.75 Å². The molecular formula is C18H29O4PS. The molecule has 0 aliphatic carbocycles. The van der Waals surface area contributed by atoms with Gasteiger partial charge in [0.25, 0.3) is 0 Å². The highest BCUT2D eigenvalue weighted by molar-refractivity contribution is 7.96. The van der Waals surface area contributed by atoms with Crippen molar-refractivity contribution in [1.82, 2.24) is 0 Å². The van der Waals surface area contributed by atoms with Crippen LogP contribution in [0, 0.1) is 33.1 Å². The monoisotopic (exact) mass is 372 g/mol. The Bertz CT molecular complexity index is 729. The number of carbonyl (C=O) groups excluding carboxylic acids is 1. The molecule has 0 aliphatic rings. The second-order valence-corrected chi connectivity index (χ2v) is 9.85. The molecule has 1 aromatic rings. The first-order chi connectivity index (χ1) is 10.6. The number of benzene rings is 1. The van der Waals surface area contributed by atoms with E-state index in [0.717, 1.165) is 27.8 Å². The second kappa shape index (κ2) is 6.51. The summed E-state index contributed by atoms with van der Waals surface area (Å²) in [4.78, 5) is 21.9. The molecule has 0 aromatic heterocycles. The summed E-state index contributed by atoms with van der Waals surface area (Å²) in [5, 5.41) is -0.239. The summed E-state index contributed by atoms with van der Waals surface area (Å²) in [7, 11) is -3.75. The van der Waals surface area contributed by atoms with Crippen LogP contribution in [0.2, 0.25) is 0 Å². The molecule has 1 rings (SSSR count). The van der Waals surface area contributed by atoms with Crippen LogP contribution in [0.4, 0.5) is 0 Å². The quantitative estimate of drug-likeness (QED) is 0.571. The van der Waals surface area contributed by atoms with Gasteiger partial charge in [0.1, 0.15) is 5.75 Å². The van der Waals surface area contributed by atoms with Gasteiger partial charge in [-0.05, 0) is 49.9 Å². The van der Waals surface area contributed by atoms with Crippen molar-refractivity contribution >= 4 is 25.3 Å². The van der Waals surface area contributed by atoms with Gasteiger partial charge in [-0.15, -0.1) is 12.6 Å². The van der Waals surface area contributed by atoms with Crippen LogP contribution in [-0.2, 0) is 14.8 Å². The third kappa shape index (κ3) is 3.58. The van der Waals surface area contributed by atoms with Crippen molar-refractivity contribution in [2.24, 2.45) is 5.41 Å². The van der Waals surface area contributed by atoms with E-state index in [4.69, 9.17) is 4.52 Å². The minimum absolute atomic E-state index is 0.239. The van der Waals surface area contributed by atoms with Gasteiger partial charge in [-0.2, -0.15) is 0 Å². The van der Waals surface area contributed by atoms with Crippen molar-refractivity contribution in [3.8, 4) is 5.75 Å². The molecular weight excluding hydrogens is 343 g/mol. The van der Waals surface area contributed by atoms with E-state index in [1.807, 2.05) is 55.4 Å². The van der Waals surface area contributed by atoms with E-state index in [9.17, 15) is 14.3 Å². The molecule has 0 fully saturated rings. The third-order valence-corrected chi connectivity index (χ3v) is 6.69. The van der Waals surface area contributed by atoms with Gasteiger partial charge in [-0.25, -0.2) is 4.57 Å². The van der Waals surface area contributed by atoms with Crippen molar-refractivity contribution in [1.29, 1.82) is 0 Å². The van der Waals surface area contributed by atoms with Crippen LogP contribution in [0.25, 0.3) is 0 Å². The van der Waals surface area contributed by atoms with Gasteiger partial charge >= 0.3 is 7.60 Å². The summed E-state index contributed by atoms with van der Waals surface area (Å²) in [5.74, 6) is 0.400. The highest BCUT2D eigenvalue weighted by Crippen LogP contribution is 2.52. The SMILES string of the molecule is Cc1c(C)c(C)c(C(C)(C)C(C)(C)C(=O)S)c(OP(C)(=O)O)c1C. The van der Waals surface area contributed by atoms with Crippen LogP contribution in [0.15, 0.2) is 0 Å². The molecule has 136 valence electrons. The van der Waals surface area contributed by atoms with Crippen LogP contribution in [0.3, 0.4) is 0 Å². The molecule has 24 heavy (non-hydrogen) atoms. The highest BCUT2D eigenvalue weighted by Gasteiger charge is 2.46. The van der Waals surface area contributed by atoms with E-state index < -0.39 is 18.4 Å². The Morgan fingerprint density at radius 2 is 1.42 bits per heavy atom. The van der Waals surface area contributed by atoms with Crippen LogP contribution in [0.5, 0.6) is 5.75 Å². The molecule has 6 heteroatoms. The summed E-state index contributed by atoms with van der Waals surface area (Å²) in [6, 6.07) is 0. The predicted octanol–water partition coefficient (Wildman–Crippen LogP) is 4.87.